The molecule has 0 aromatic carbocycles. The van der Waals surface area contributed by atoms with Crippen LogP contribution < -0.4 is 4.90 Å². The number of aliphatic hydroxyl groups is 1. The SMILES string of the molecule is CC(O)c1ccnc(N2CCN(CCN(C)C)CC2)c1. The van der Waals surface area contributed by atoms with Crippen molar-refractivity contribution in [3.8, 4) is 0 Å². The van der Waals surface area contributed by atoms with Crippen LogP contribution in [0.4, 0.5) is 5.82 Å². The Kier molecular flexibility index (Phi) is 5.34. The molecule has 5 heteroatoms. The zero-order chi connectivity index (χ0) is 14.5. The molecule has 0 spiro atoms. The highest BCUT2D eigenvalue weighted by Gasteiger charge is 2.18. The average molecular weight is 278 g/mol. The summed E-state index contributed by atoms with van der Waals surface area (Å²) in [5.74, 6) is 0.982. The van der Waals surface area contributed by atoms with Gasteiger partial charge in [-0.3, -0.25) is 4.90 Å². The Morgan fingerprint density at radius 3 is 2.60 bits per heavy atom. The molecule has 5 nitrogen and oxygen atoms in total. The van der Waals surface area contributed by atoms with Gasteiger partial charge in [0.2, 0.25) is 0 Å². The van der Waals surface area contributed by atoms with Gasteiger partial charge >= 0.3 is 0 Å². The van der Waals surface area contributed by atoms with E-state index in [1.807, 2.05) is 12.1 Å². The van der Waals surface area contributed by atoms with Crippen molar-refractivity contribution in [1.82, 2.24) is 14.8 Å². The largest absolute Gasteiger partial charge is 0.389 e. The summed E-state index contributed by atoms with van der Waals surface area (Å²) < 4.78 is 0. The van der Waals surface area contributed by atoms with E-state index in [4.69, 9.17) is 0 Å². The van der Waals surface area contributed by atoms with Crippen molar-refractivity contribution in [3.63, 3.8) is 0 Å². The Morgan fingerprint density at radius 1 is 1.30 bits per heavy atom. The fourth-order valence-electron chi connectivity index (χ4n) is 2.41. The number of anilines is 1. The zero-order valence-corrected chi connectivity index (χ0v) is 12.8. The topological polar surface area (TPSA) is 42.8 Å². The number of hydrogen-bond donors (Lipinski definition) is 1. The van der Waals surface area contributed by atoms with Crippen LogP contribution in [0.25, 0.3) is 0 Å². The van der Waals surface area contributed by atoms with Gasteiger partial charge in [0.1, 0.15) is 5.82 Å². The van der Waals surface area contributed by atoms with Crippen LogP contribution in [0.5, 0.6) is 0 Å². The third-order valence-corrected chi connectivity index (χ3v) is 3.81. The second-order valence-corrected chi connectivity index (χ2v) is 5.76. The minimum atomic E-state index is -0.432. The molecule has 1 aromatic heterocycles. The molecule has 1 aliphatic rings. The fourth-order valence-corrected chi connectivity index (χ4v) is 2.41. The summed E-state index contributed by atoms with van der Waals surface area (Å²) in [5, 5.41) is 9.65. The van der Waals surface area contributed by atoms with Crippen molar-refractivity contribution in [3.05, 3.63) is 23.9 Å². The van der Waals surface area contributed by atoms with Gasteiger partial charge in [0.15, 0.2) is 0 Å². The Balaban J connectivity index is 1.88. The maximum Gasteiger partial charge on any atom is 0.128 e. The van der Waals surface area contributed by atoms with Crippen molar-refractivity contribution < 1.29 is 5.11 Å². The molecule has 0 saturated carbocycles. The molecule has 1 aliphatic heterocycles. The zero-order valence-electron chi connectivity index (χ0n) is 12.8. The van der Waals surface area contributed by atoms with Gasteiger partial charge < -0.3 is 14.9 Å². The summed E-state index contributed by atoms with van der Waals surface area (Å²) in [4.78, 5) is 11.5. The summed E-state index contributed by atoms with van der Waals surface area (Å²) >= 11 is 0. The molecule has 1 fully saturated rings. The number of rotatable bonds is 5. The molecule has 20 heavy (non-hydrogen) atoms. The molecule has 1 aromatic rings. The van der Waals surface area contributed by atoms with Crippen molar-refractivity contribution in [2.45, 2.75) is 13.0 Å². The van der Waals surface area contributed by atoms with Crippen LogP contribution in [0.15, 0.2) is 18.3 Å². The molecular weight excluding hydrogens is 252 g/mol. The normalized spacial score (nSPS) is 18.6. The molecule has 1 atom stereocenters. The van der Waals surface area contributed by atoms with E-state index >= 15 is 0 Å². The van der Waals surface area contributed by atoms with Gasteiger partial charge in [0.25, 0.3) is 0 Å². The van der Waals surface area contributed by atoms with Gasteiger partial charge in [0.05, 0.1) is 6.10 Å². The quantitative estimate of drug-likeness (QED) is 0.864. The Bertz CT molecular complexity index is 414. The van der Waals surface area contributed by atoms with Gasteiger partial charge in [-0.25, -0.2) is 4.98 Å². The van der Waals surface area contributed by atoms with Gasteiger partial charge in [-0.05, 0) is 38.7 Å². The second-order valence-electron chi connectivity index (χ2n) is 5.76. The highest BCUT2D eigenvalue weighted by atomic mass is 16.3. The molecule has 1 unspecified atom stereocenters. The molecule has 0 bridgehead atoms. The lowest BCUT2D eigenvalue weighted by molar-refractivity contribution is 0.199. The van der Waals surface area contributed by atoms with Crippen molar-refractivity contribution >= 4 is 5.82 Å². The van der Waals surface area contributed by atoms with E-state index in [0.29, 0.717) is 0 Å². The van der Waals surface area contributed by atoms with Gasteiger partial charge in [-0.2, -0.15) is 0 Å². The first kappa shape index (κ1) is 15.2. The summed E-state index contributed by atoms with van der Waals surface area (Å²) in [6.45, 7) is 8.19. The molecule has 112 valence electrons. The third kappa shape index (κ3) is 4.16. The van der Waals surface area contributed by atoms with Crippen molar-refractivity contribution in [2.24, 2.45) is 0 Å². The van der Waals surface area contributed by atoms with Gasteiger partial charge in [-0.15, -0.1) is 0 Å². The van der Waals surface area contributed by atoms with Crippen LogP contribution >= 0.6 is 0 Å². The van der Waals surface area contributed by atoms with Crippen molar-refractivity contribution in [2.75, 3.05) is 58.3 Å². The molecule has 0 radical (unpaired) electrons. The number of likely N-dealkylation sites (N-methyl/N-ethyl adjacent to an activating group) is 1. The second kappa shape index (κ2) is 7.02. The van der Waals surface area contributed by atoms with E-state index in [-0.39, 0.29) is 0 Å². The maximum absolute atomic E-state index is 9.65. The van der Waals surface area contributed by atoms with E-state index < -0.39 is 6.10 Å². The van der Waals surface area contributed by atoms with Crippen LogP contribution in [-0.2, 0) is 0 Å². The van der Waals surface area contributed by atoms with Crippen LogP contribution in [0, 0.1) is 0 Å². The lowest BCUT2D eigenvalue weighted by Gasteiger charge is -2.36. The molecule has 1 N–H and O–H groups in total. The average Bonchev–Trinajstić information content (AvgIpc) is 2.46. The minimum Gasteiger partial charge on any atom is -0.389 e. The first-order valence-electron chi connectivity index (χ1n) is 7.32. The number of hydrogen-bond acceptors (Lipinski definition) is 5. The summed E-state index contributed by atoms with van der Waals surface area (Å²) in [7, 11) is 4.23. The van der Waals surface area contributed by atoms with E-state index in [1.165, 1.54) is 0 Å². The molecule has 1 saturated heterocycles. The Labute approximate surface area is 121 Å². The molecule has 2 rings (SSSR count). The summed E-state index contributed by atoms with van der Waals surface area (Å²) in [6, 6.07) is 3.88. The highest BCUT2D eigenvalue weighted by Crippen LogP contribution is 2.19. The van der Waals surface area contributed by atoms with E-state index in [9.17, 15) is 5.11 Å². The summed E-state index contributed by atoms with van der Waals surface area (Å²) in [6.07, 6.45) is 1.36. The predicted octanol–water partition coefficient (Wildman–Crippen LogP) is 0.818. The Morgan fingerprint density at radius 2 is 2.00 bits per heavy atom. The smallest absolute Gasteiger partial charge is 0.128 e. The maximum atomic E-state index is 9.65. The lowest BCUT2D eigenvalue weighted by atomic mass is 10.1. The predicted molar refractivity (Wildman–Crippen MR) is 82.1 cm³/mol. The lowest BCUT2D eigenvalue weighted by Crippen LogP contribution is -2.48. The van der Waals surface area contributed by atoms with E-state index in [2.05, 4.69) is 33.8 Å². The third-order valence-electron chi connectivity index (χ3n) is 3.81. The van der Waals surface area contributed by atoms with Crippen molar-refractivity contribution in [1.29, 1.82) is 0 Å². The Hall–Kier alpha value is -1.17. The van der Waals surface area contributed by atoms with E-state index in [0.717, 1.165) is 50.6 Å². The number of aromatic nitrogens is 1. The molecular formula is C15H26N4O. The first-order chi connectivity index (χ1) is 9.56. The number of aliphatic hydroxyl groups excluding tert-OH is 1. The molecule has 0 aliphatic carbocycles. The fraction of sp³-hybridized carbons (Fsp3) is 0.667. The number of pyridine rings is 1. The monoisotopic (exact) mass is 278 g/mol. The van der Waals surface area contributed by atoms with Crippen LogP contribution in [0.3, 0.4) is 0 Å². The van der Waals surface area contributed by atoms with Gasteiger partial charge in [0, 0.05) is 45.5 Å². The number of piperazine rings is 1. The standard InChI is InChI=1S/C15H26N4O/c1-13(20)14-4-5-16-15(12-14)19-10-8-18(9-11-19)7-6-17(2)3/h4-5,12-13,20H,6-11H2,1-3H3. The molecule has 0 amide bonds. The van der Waals surface area contributed by atoms with Gasteiger partial charge in [-0.1, -0.05) is 0 Å². The van der Waals surface area contributed by atoms with Crippen LogP contribution in [0.1, 0.15) is 18.6 Å². The minimum absolute atomic E-state index is 0.432. The number of nitrogens with zero attached hydrogens (tertiary/aromatic N) is 4. The van der Waals surface area contributed by atoms with E-state index in [1.54, 1.807) is 13.1 Å². The summed E-state index contributed by atoms with van der Waals surface area (Å²) in [5.41, 5.74) is 0.935. The molecule has 2 heterocycles. The van der Waals surface area contributed by atoms with Crippen LogP contribution in [-0.4, -0.2) is 73.3 Å². The first-order valence-corrected chi connectivity index (χ1v) is 7.32. The highest BCUT2D eigenvalue weighted by molar-refractivity contribution is 5.42. The van der Waals surface area contributed by atoms with Crippen LogP contribution in [0.2, 0.25) is 0 Å².